The van der Waals surface area contributed by atoms with Crippen LogP contribution in [0.4, 0.5) is 0 Å². The number of amides is 1. The molecule has 3 N–H and O–H groups in total. The van der Waals surface area contributed by atoms with Gasteiger partial charge in [-0.15, -0.1) is 0 Å². The number of ether oxygens (including phenoxy) is 1. The third kappa shape index (κ3) is 3.68. The molecule has 0 bridgehead atoms. The van der Waals surface area contributed by atoms with E-state index in [9.17, 15) is 20.0 Å². The van der Waals surface area contributed by atoms with Crippen LogP contribution in [-0.2, 0) is 4.79 Å². The number of carboxylic acid groups (broad SMARTS) is 1. The predicted octanol–water partition coefficient (Wildman–Crippen LogP) is 2.73. The lowest BCUT2D eigenvalue weighted by molar-refractivity contribution is -0.135. The zero-order valence-corrected chi connectivity index (χ0v) is 14.8. The molecular weight excluding hydrogens is 362 g/mol. The lowest BCUT2D eigenvalue weighted by Gasteiger charge is -2.13. The van der Waals surface area contributed by atoms with E-state index in [1.54, 1.807) is 30.3 Å². The maximum atomic E-state index is 12.2. The molecule has 140 valence electrons. The first-order valence-electron chi connectivity index (χ1n) is 8.21. The normalized spacial score (nSPS) is 10.3. The molecular formula is C20H15N3O5. The molecule has 1 heterocycles. The molecule has 0 radical (unpaired) electrons. The second-order valence-corrected chi connectivity index (χ2v) is 5.94. The summed E-state index contributed by atoms with van der Waals surface area (Å²) < 4.78 is 5.84. The van der Waals surface area contributed by atoms with Crippen LogP contribution < -0.4 is 10.1 Å². The molecule has 0 unspecified atom stereocenters. The number of rotatable bonds is 5. The van der Waals surface area contributed by atoms with Crippen LogP contribution in [0.1, 0.15) is 21.7 Å². The van der Waals surface area contributed by atoms with E-state index in [2.05, 4.69) is 10.3 Å². The van der Waals surface area contributed by atoms with Crippen molar-refractivity contribution in [2.75, 3.05) is 6.54 Å². The third-order valence-electron chi connectivity index (χ3n) is 3.94. The third-order valence-corrected chi connectivity index (χ3v) is 3.94. The van der Waals surface area contributed by atoms with Gasteiger partial charge in [-0.1, -0.05) is 29.8 Å². The summed E-state index contributed by atoms with van der Waals surface area (Å²) in [5.41, 5.74) is 0.495. The number of hydrogen-bond acceptors (Lipinski definition) is 6. The molecule has 0 aliphatic rings. The largest absolute Gasteiger partial charge is 0.505 e. The zero-order chi connectivity index (χ0) is 20.3. The molecule has 2 aromatic carbocycles. The Bertz CT molecular complexity index is 1120. The van der Waals surface area contributed by atoms with Crippen molar-refractivity contribution < 1.29 is 24.5 Å². The lowest BCUT2D eigenvalue weighted by Crippen LogP contribution is -2.30. The smallest absolute Gasteiger partial charge is 0.322 e. The van der Waals surface area contributed by atoms with Gasteiger partial charge in [0.05, 0.1) is 5.39 Å². The van der Waals surface area contributed by atoms with Gasteiger partial charge in [0, 0.05) is 5.39 Å². The summed E-state index contributed by atoms with van der Waals surface area (Å²) in [7, 11) is 0. The number of pyridine rings is 1. The van der Waals surface area contributed by atoms with Crippen molar-refractivity contribution in [3.8, 4) is 23.3 Å². The second-order valence-electron chi connectivity index (χ2n) is 5.94. The molecule has 1 amide bonds. The average Bonchev–Trinajstić information content (AvgIpc) is 2.68. The number of nitrogens with one attached hydrogen (secondary N) is 1. The summed E-state index contributed by atoms with van der Waals surface area (Å²) in [4.78, 5) is 26.8. The van der Waals surface area contributed by atoms with Crippen LogP contribution >= 0.6 is 0 Å². The molecule has 0 spiro atoms. The lowest BCUT2D eigenvalue weighted by atomic mass is 10.1. The molecule has 0 aliphatic carbocycles. The van der Waals surface area contributed by atoms with Gasteiger partial charge in [-0.2, -0.15) is 5.26 Å². The van der Waals surface area contributed by atoms with E-state index in [4.69, 9.17) is 9.84 Å². The highest BCUT2D eigenvalue weighted by atomic mass is 16.5. The van der Waals surface area contributed by atoms with Crippen LogP contribution in [0.5, 0.6) is 17.2 Å². The summed E-state index contributed by atoms with van der Waals surface area (Å²) in [5, 5.41) is 31.3. The first kappa shape index (κ1) is 18.7. The van der Waals surface area contributed by atoms with Gasteiger partial charge in [-0.25, -0.2) is 4.98 Å². The number of nitrogens with zero attached hydrogens (tertiary/aromatic N) is 2. The van der Waals surface area contributed by atoms with Gasteiger partial charge >= 0.3 is 5.97 Å². The second kappa shape index (κ2) is 7.63. The summed E-state index contributed by atoms with van der Waals surface area (Å²) in [6, 6.07) is 13.9. The van der Waals surface area contributed by atoms with Crippen molar-refractivity contribution in [3.63, 3.8) is 0 Å². The number of nitriles is 1. The van der Waals surface area contributed by atoms with Crippen molar-refractivity contribution in [2.45, 2.75) is 6.92 Å². The van der Waals surface area contributed by atoms with Gasteiger partial charge < -0.3 is 20.3 Å². The number of aromatic nitrogens is 1. The standard InChI is InChI=1S/C20H15N3O5/c1-11-5-7-12(8-6-11)28-15-4-2-3-13-14(9-21)23-18(19(26)17(13)15)20(27)22-10-16(24)25/h2-8,26H,10H2,1H3,(H,22,27)(H,24,25). The fourth-order valence-corrected chi connectivity index (χ4v) is 2.62. The Kier molecular flexibility index (Phi) is 5.09. The van der Waals surface area contributed by atoms with Crippen molar-refractivity contribution in [1.29, 1.82) is 5.26 Å². The Balaban J connectivity index is 2.14. The minimum Gasteiger partial charge on any atom is -0.505 e. The predicted molar refractivity (Wildman–Crippen MR) is 99.3 cm³/mol. The minimum atomic E-state index is -1.25. The molecule has 8 heteroatoms. The molecule has 0 atom stereocenters. The number of fused-ring (bicyclic) bond motifs is 1. The Morgan fingerprint density at radius 1 is 1.21 bits per heavy atom. The average molecular weight is 377 g/mol. The number of benzene rings is 2. The minimum absolute atomic E-state index is 0.0948. The number of aryl methyl sites for hydroxylation is 1. The van der Waals surface area contributed by atoms with Crippen LogP contribution in [0.15, 0.2) is 42.5 Å². The molecule has 0 saturated heterocycles. The van der Waals surface area contributed by atoms with Crippen molar-refractivity contribution in [1.82, 2.24) is 10.3 Å². The topological polar surface area (TPSA) is 133 Å². The van der Waals surface area contributed by atoms with Gasteiger partial charge in [0.15, 0.2) is 11.4 Å². The maximum absolute atomic E-state index is 12.2. The van der Waals surface area contributed by atoms with Crippen LogP contribution in [0, 0.1) is 18.3 Å². The van der Waals surface area contributed by atoms with Crippen LogP contribution in [0.2, 0.25) is 0 Å². The number of aliphatic carboxylic acids is 1. The first-order valence-corrected chi connectivity index (χ1v) is 8.21. The Morgan fingerprint density at radius 3 is 2.57 bits per heavy atom. The van der Waals surface area contributed by atoms with Gasteiger partial charge in [-0.3, -0.25) is 9.59 Å². The molecule has 1 aromatic heterocycles. The zero-order valence-electron chi connectivity index (χ0n) is 14.8. The van der Waals surface area contributed by atoms with Gasteiger partial charge in [0.2, 0.25) is 0 Å². The number of carbonyl (C=O) groups excluding carboxylic acids is 1. The van der Waals surface area contributed by atoms with E-state index < -0.39 is 29.9 Å². The Hall–Kier alpha value is -4.12. The SMILES string of the molecule is Cc1ccc(Oc2cccc3c(C#N)nc(C(=O)NCC(=O)O)c(O)c23)cc1. The van der Waals surface area contributed by atoms with Gasteiger partial charge in [0.25, 0.3) is 5.91 Å². The van der Waals surface area contributed by atoms with E-state index in [0.717, 1.165) is 5.56 Å². The fraction of sp³-hybridized carbons (Fsp3) is 0.100. The van der Waals surface area contributed by atoms with E-state index in [0.29, 0.717) is 11.1 Å². The van der Waals surface area contributed by atoms with E-state index in [-0.39, 0.29) is 16.8 Å². The van der Waals surface area contributed by atoms with E-state index >= 15 is 0 Å². The molecule has 28 heavy (non-hydrogen) atoms. The number of carboxylic acids is 1. The Morgan fingerprint density at radius 2 is 1.93 bits per heavy atom. The maximum Gasteiger partial charge on any atom is 0.322 e. The highest BCUT2D eigenvalue weighted by molar-refractivity contribution is 6.05. The number of carbonyl (C=O) groups is 2. The van der Waals surface area contributed by atoms with Crippen LogP contribution in [0.25, 0.3) is 10.8 Å². The summed E-state index contributed by atoms with van der Waals surface area (Å²) in [6.07, 6.45) is 0. The molecule has 0 saturated carbocycles. The van der Waals surface area contributed by atoms with E-state index in [1.165, 1.54) is 0 Å². The van der Waals surface area contributed by atoms with Gasteiger partial charge in [0.1, 0.15) is 29.8 Å². The molecule has 0 aliphatic heterocycles. The fourth-order valence-electron chi connectivity index (χ4n) is 2.62. The summed E-state index contributed by atoms with van der Waals surface area (Å²) >= 11 is 0. The molecule has 0 fully saturated rings. The number of aromatic hydroxyl groups is 1. The van der Waals surface area contributed by atoms with Crippen LogP contribution in [0.3, 0.4) is 0 Å². The van der Waals surface area contributed by atoms with Crippen molar-refractivity contribution >= 4 is 22.6 Å². The van der Waals surface area contributed by atoms with Crippen molar-refractivity contribution in [2.24, 2.45) is 0 Å². The summed E-state index contributed by atoms with van der Waals surface area (Å²) in [6.45, 7) is 1.28. The Labute approximate surface area is 159 Å². The first-order chi connectivity index (χ1) is 13.4. The summed E-state index contributed by atoms with van der Waals surface area (Å²) in [5.74, 6) is -1.93. The van der Waals surface area contributed by atoms with Crippen molar-refractivity contribution in [3.05, 3.63) is 59.4 Å². The van der Waals surface area contributed by atoms with Gasteiger partial charge in [-0.05, 0) is 25.1 Å². The molecule has 3 aromatic rings. The highest BCUT2D eigenvalue weighted by Crippen LogP contribution is 2.38. The highest BCUT2D eigenvalue weighted by Gasteiger charge is 2.22. The van der Waals surface area contributed by atoms with E-state index in [1.807, 2.05) is 25.1 Å². The monoisotopic (exact) mass is 377 g/mol. The molecule has 8 nitrogen and oxygen atoms in total. The van der Waals surface area contributed by atoms with Crippen LogP contribution in [-0.4, -0.2) is 33.6 Å². The molecule has 3 rings (SSSR count). The number of hydrogen-bond donors (Lipinski definition) is 3. The quantitative estimate of drug-likeness (QED) is 0.622.